The molecule has 2 atom stereocenters. The summed E-state index contributed by atoms with van der Waals surface area (Å²) >= 11 is 0. The van der Waals surface area contributed by atoms with E-state index in [2.05, 4.69) is 21.3 Å². The van der Waals surface area contributed by atoms with Crippen LogP contribution in [0.3, 0.4) is 0 Å². The van der Waals surface area contributed by atoms with Gasteiger partial charge in [0.15, 0.2) is 0 Å². The second kappa shape index (κ2) is 18.0. The minimum absolute atomic E-state index is 0.183. The number of nitrogens with one attached hydrogen (secondary N) is 4. The predicted molar refractivity (Wildman–Crippen MR) is 112 cm³/mol. The number of aliphatic hydroxyl groups excluding tert-OH is 2. The van der Waals surface area contributed by atoms with Crippen molar-refractivity contribution in [1.82, 2.24) is 21.3 Å². The molecule has 0 aliphatic rings. The SMILES string of the molecule is N/C=C(\N)NCCCC[C@@H](O)CC(=O)N[C@@H](O)C(=O)NCCCCNCCCN. The smallest absolute Gasteiger partial charge is 0.269 e. The summed E-state index contributed by atoms with van der Waals surface area (Å²) in [5.41, 5.74) is 16.1. The molecule has 0 rings (SSSR count). The molecule has 0 heterocycles. The minimum atomic E-state index is -1.63. The second-order valence-electron chi connectivity index (χ2n) is 6.76. The topological polar surface area (TPSA) is 201 Å². The predicted octanol–water partition coefficient (Wildman–Crippen LogP) is -2.52. The van der Waals surface area contributed by atoms with Crippen molar-refractivity contribution in [3.05, 3.63) is 12.0 Å². The Bertz CT molecular complexity index is 477. The van der Waals surface area contributed by atoms with Gasteiger partial charge in [-0.3, -0.25) is 9.59 Å². The van der Waals surface area contributed by atoms with E-state index in [1.54, 1.807) is 0 Å². The van der Waals surface area contributed by atoms with E-state index in [4.69, 9.17) is 17.2 Å². The Labute approximate surface area is 172 Å². The first-order chi connectivity index (χ1) is 13.9. The van der Waals surface area contributed by atoms with Gasteiger partial charge in [-0.1, -0.05) is 0 Å². The van der Waals surface area contributed by atoms with Gasteiger partial charge in [-0.15, -0.1) is 0 Å². The van der Waals surface area contributed by atoms with E-state index in [0.29, 0.717) is 38.3 Å². The molecule has 29 heavy (non-hydrogen) atoms. The molecule has 0 aliphatic carbocycles. The van der Waals surface area contributed by atoms with Crippen molar-refractivity contribution in [1.29, 1.82) is 0 Å². The number of hydrogen-bond donors (Lipinski definition) is 9. The quantitative estimate of drug-likeness (QED) is 0.0852. The van der Waals surface area contributed by atoms with Crippen LogP contribution in [0.25, 0.3) is 0 Å². The maximum absolute atomic E-state index is 11.8. The largest absolute Gasteiger partial charge is 0.402 e. The zero-order chi connectivity index (χ0) is 21.9. The Morgan fingerprint density at radius 2 is 1.55 bits per heavy atom. The van der Waals surface area contributed by atoms with Crippen LogP contribution in [0.15, 0.2) is 12.0 Å². The average Bonchev–Trinajstić information content (AvgIpc) is 2.68. The highest BCUT2D eigenvalue weighted by atomic mass is 16.3. The molecule has 0 unspecified atom stereocenters. The fourth-order valence-corrected chi connectivity index (χ4v) is 2.42. The Morgan fingerprint density at radius 3 is 2.24 bits per heavy atom. The lowest BCUT2D eigenvalue weighted by atomic mass is 10.1. The molecule has 11 heteroatoms. The van der Waals surface area contributed by atoms with Crippen molar-refractivity contribution < 1.29 is 19.8 Å². The first kappa shape index (κ1) is 26.9. The lowest BCUT2D eigenvalue weighted by Gasteiger charge is -2.15. The maximum atomic E-state index is 11.8. The summed E-state index contributed by atoms with van der Waals surface area (Å²) < 4.78 is 0. The number of unbranched alkanes of at least 4 members (excludes halogenated alkanes) is 2. The molecule has 0 bridgehead atoms. The fourth-order valence-electron chi connectivity index (χ4n) is 2.42. The molecule has 0 radical (unpaired) electrons. The summed E-state index contributed by atoms with van der Waals surface area (Å²) in [6, 6.07) is 0. The molecule has 0 saturated carbocycles. The molecule has 0 aromatic carbocycles. The Kier molecular flexibility index (Phi) is 16.7. The highest BCUT2D eigenvalue weighted by molar-refractivity contribution is 5.86. The van der Waals surface area contributed by atoms with Crippen LogP contribution in [-0.4, -0.2) is 67.1 Å². The van der Waals surface area contributed by atoms with Gasteiger partial charge in [-0.25, -0.2) is 0 Å². The van der Waals surface area contributed by atoms with Crippen LogP contribution in [0.1, 0.15) is 44.9 Å². The lowest BCUT2D eigenvalue weighted by Crippen LogP contribution is -2.47. The third-order valence-corrected chi connectivity index (χ3v) is 4.08. The molecule has 0 aliphatic heterocycles. The van der Waals surface area contributed by atoms with Crippen LogP contribution in [0.4, 0.5) is 0 Å². The van der Waals surface area contributed by atoms with E-state index in [0.717, 1.165) is 38.8 Å². The zero-order valence-electron chi connectivity index (χ0n) is 17.2. The number of amides is 2. The zero-order valence-corrected chi connectivity index (χ0v) is 17.2. The minimum Gasteiger partial charge on any atom is -0.402 e. The monoisotopic (exact) mass is 417 g/mol. The van der Waals surface area contributed by atoms with Crippen LogP contribution < -0.4 is 38.5 Å². The van der Waals surface area contributed by atoms with Crippen molar-refractivity contribution in [2.24, 2.45) is 17.2 Å². The van der Waals surface area contributed by atoms with Crippen molar-refractivity contribution in [2.75, 3.05) is 32.7 Å². The second-order valence-corrected chi connectivity index (χ2v) is 6.76. The molecule has 0 aromatic rings. The van der Waals surface area contributed by atoms with Gasteiger partial charge in [-0.05, 0) is 58.2 Å². The first-order valence-electron chi connectivity index (χ1n) is 10.2. The van der Waals surface area contributed by atoms with Crippen molar-refractivity contribution in [2.45, 2.75) is 57.3 Å². The summed E-state index contributed by atoms with van der Waals surface area (Å²) in [7, 11) is 0. The van der Waals surface area contributed by atoms with E-state index < -0.39 is 24.1 Å². The van der Waals surface area contributed by atoms with Crippen LogP contribution >= 0.6 is 0 Å². The maximum Gasteiger partial charge on any atom is 0.269 e. The third kappa shape index (κ3) is 16.6. The summed E-state index contributed by atoms with van der Waals surface area (Å²) in [6.07, 6.45) is 3.02. The van der Waals surface area contributed by atoms with Crippen molar-refractivity contribution >= 4 is 11.8 Å². The number of nitrogens with two attached hydrogens (primary N) is 3. The number of rotatable bonds is 18. The summed E-state index contributed by atoms with van der Waals surface area (Å²) in [6.45, 7) is 3.38. The summed E-state index contributed by atoms with van der Waals surface area (Å²) in [5.74, 6) is -0.866. The van der Waals surface area contributed by atoms with Gasteiger partial charge in [0.2, 0.25) is 12.1 Å². The molecular formula is C18H39N7O4. The van der Waals surface area contributed by atoms with Gasteiger partial charge in [-0.2, -0.15) is 0 Å². The average molecular weight is 418 g/mol. The van der Waals surface area contributed by atoms with Gasteiger partial charge in [0.1, 0.15) is 5.82 Å². The van der Waals surface area contributed by atoms with Gasteiger partial charge >= 0.3 is 0 Å². The van der Waals surface area contributed by atoms with E-state index in [1.807, 2.05) is 0 Å². The van der Waals surface area contributed by atoms with E-state index in [-0.39, 0.29) is 6.42 Å². The number of hydrogen-bond acceptors (Lipinski definition) is 9. The van der Waals surface area contributed by atoms with E-state index >= 15 is 0 Å². The summed E-state index contributed by atoms with van der Waals surface area (Å²) in [5, 5.41) is 30.5. The fraction of sp³-hybridized carbons (Fsp3) is 0.778. The molecule has 12 N–H and O–H groups in total. The number of aliphatic hydroxyl groups is 2. The van der Waals surface area contributed by atoms with Crippen molar-refractivity contribution in [3.8, 4) is 0 Å². The normalized spacial score (nSPS) is 13.6. The molecule has 0 saturated heterocycles. The van der Waals surface area contributed by atoms with Crippen LogP contribution in [0, 0.1) is 0 Å². The van der Waals surface area contributed by atoms with Gasteiger partial charge in [0.25, 0.3) is 5.91 Å². The molecule has 2 amide bonds. The molecule has 0 spiro atoms. The first-order valence-corrected chi connectivity index (χ1v) is 10.2. The van der Waals surface area contributed by atoms with Gasteiger partial charge < -0.3 is 48.7 Å². The Balaban J connectivity index is 3.76. The van der Waals surface area contributed by atoms with Crippen molar-refractivity contribution in [3.63, 3.8) is 0 Å². The molecule has 0 fully saturated rings. The number of carbonyl (C=O) groups is 2. The van der Waals surface area contributed by atoms with E-state index in [1.165, 1.54) is 6.20 Å². The third-order valence-electron chi connectivity index (χ3n) is 4.08. The van der Waals surface area contributed by atoms with Crippen LogP contribution in [-0.2, 0) is 9.59 Å². The van der Waals surface area contributed by atoms with Crippen LogP contribution in [0.5, 0.6) is 0 Å². The molecule has 170 valence electrons. The molecule has 11 nitrogen and oxygen atoms in total. The highest BCUT2D eigenvalue weighted by Gasteiger charge is 2.18. The lowest BCUT2D eigenvalue weighted by molar-refractivity contribution is -0.137. The van der Waals surface area contributed by atoms with E-state index in [9.17, 15) is 19.8 Å². The van der Waals surface area contributed by atoms with Gasteiger partial charge in [0.05, 0.1) is 12.5 Å². The standard InChI is InChI=1S/C18H39N7O4/c19-7-5-9-22-8-3-4-11-24-17(28)18(29)25-16(27)12-14(26)6-1-2-10-23-15(21)13-20/h13-14,18,22-23,26,29H,1-12,19-21H2,(H,24,28)(H,25,27)/b15-13+/t14-,18+/m1/s1. The Hall–Kier alpha value is -2.08. The highest BCUT2D eigenvalue weighted by Crippen LogP contribution is 2.04. The Morgan fingerprint density at radius 1 is 0.931 bits per heavy atom. The summed E-state index contributed by atoms with van der Waals surface area (Å²) in [4.78, 5) is 23.6. The number of carbonyl (C=O) groups excluding carboxylic acids is 2. The molecule has 0 aromatic heterocycles. The molecular weight excluding hydrogens is 378 g/mol. The van der Waals surface area contributed by atoms with Crippen LogP contribution in [0.2, 0.25) is 0 Å². The van der Waals surface area contributed by atoms with Gasteiger partial charge in [0, 0.05) is 19.3 Å².